The van der Waals surface area contributed by atoms with Crippen LogP contribution >= 0.6 is 0 Å². The molecule has 3 rings (SSSR count). The molecule has 0 aliphatic carbocycles. The first-order chi connectivity index (χ1) is 11.7. The highest BCUT2D eigenvalue weighted by Crippen LogP contribution is 2.35. The molecule has 0 spiro atoms. The molecular formula is C18H18N4O2. The lowest BCUT2D eigenvalue weighted by Crippen LogP contribution is -2.03. The zero-order valence-corrected chi connectivity index (χ0v) is 13.0. The maximum atomic E-state index is 10.0. The number of hydrogen-bond acceptors (Lipinski definition) is 6. The van der Waals surface area contributed by atoms with Gasteiger partial charge in [0, 0.05) is 43.9 Å². The lowest BCUT2D eigenvalue weighted by molar-refractivity contribution is 0.453. The molecule has 0 fully saturated rings. The molecule has 2 heterocycles. The summed E-state index contributed by atoms with van der Waals surface area (Å²) in [6.45, 7) is 1.04. The minimum absolute atomic E-state index is 0.0108. The third-order valence-corrected chi connectivity index (χ3v) is 3.53. The van der Waals surface area contributed by atoms with Crippen LogP contribution in [0, 0.1) is 0 Å². The number of benzene rings is 1. The Hall–Kier alpha value is -3.28. The second-order valence-electron chi connectivity index (χ2n) is 5.32. The van der Waals surface area contributed by atoms with Crippen molar-refractivity contribution in [2.45, 2.75) is 13.1 Å². The third-order valence-electron chi connectivity index (χ3n) is 3.53. The number of nitrogens with one attached hydrogen (secondary N) is 2. The molecule has 0 aliphatic rings. The average molecular weight is 322 g/mol. The first-order valence-electron chi connectivity index (χ1n) is 7.54. The van der Waals surface area contributed by atoms with Gasteiger partial charge in [0.15, 0.2) is 0 Å². The largest absolute Gasteiger partial charge is 0.506 e. The summed E-state index contributed by atoms with van der Waals surface area (Å²) >= 11 is 0. The van der Waals surface area contributed by atoms with Crippen molar-refractivity contribution >= 4 is 11.4 Å². The Balaban J connectivity index is 1.71. The number of anilines is 2. The molecule has 0 unspecified atom stereocenters. The van der Waals surface area contributed by atoms with Crippen LogP contribution in [-0.4, -0.2) is 20.2 Å². The Labute approximate surface area is 139 Å². The van der Waals surface area contributed by atoms with Gasteiger partial charge < -0.3 is 20.8 Å². The average Bonchev–Trinajstić information content (AvgIpc) is 2.62. The van der Waals surface area contributed by atoms with E-state index >= 15 is 0 Å². The molecule has 0 saturated heterocycles. The van der Waals surface area contributed by atoms with Crippen LogP contribution in [0.3, 0.4) is 0 Å². The number of aromatic nitrogens is 2. The van der Waals surface area contributed by atoms with Crippen LogP contribution in [0.25, 0.3) is 0 Å². The zero-order chi connectivity index (χ0) is 16.8. The van der Waals surface area contributed by atoms with Gasteiger partial charge in [-0.3, -0.25) is 9.97 Å². The summed E-state index contributed by atoms with van der Waals surface area (Å²) in [7, 11) is 0. The lowest BCUT2D eigenvalue weighted by Gasteiger charge is -2.13. The number of hydrogen-bond donors (Lipinski definition) is 4. The van der Waals surface area contributed by atoms with Gasteiger partial charge in [0.25, 0.3) is 0 Å². The standard InChI is InChI=1S/C18H18N4O2/c23-17-8-18(24)16(22-12-14-4-2-6-20-10-14)7-15(17)21-11-13-3-1-5-19-9-13/h1-10,21-24H,11-12H2. The van der Waals surface area contributed by atoms with Crippen molar-refractivity contribution in [3.8, 4) is 11.5 Å². The van der Waals surface area contributed by atoms with E-state index in [1.807, 2.05) is 24.3 Å². The normalized spacial score (nSPS) is 10.3. The molecule has 0 saturated carbocycles. The quantitative estimate of drug-likeness (QED) is 0.412. The Morgan fingerprint density at radius 2 is 1.25 bits per heavy atom. The fourth-order valence-electron chi connectivity index (χ4n) is 2.26. The number of phenols is 2. The van der Waals surface area contributed by atoms with E-state index in [2.05, 4.69) is 20.6 Å². The molecular weight excluding hydrogens is 304 g/mol. The monoisotopic (exact) mass is 322 g/mol. The van der Waals surface area contributed by atoms with Crippen LogP contribution in [0.15, 0.2) is 61.2 Å². The van der Waals surface area contributed by atoms with Crippen molar-refractivity contribution in [2.75, 3.05) is 10.6 Å². The summed E-state index contributed by atoms with van der Waals surface area (Å²) in [4.78, 5) is 8.11. The van der Waals surface area contributed by atoms with Crippen LogP contribution in [0.2, 0.25) is 0 Å². The highest BCUT2D eigenvalue weighted by molar-refractivity contribution is 5.70. The fourth-order valence-corrected chi connectivity index (χ4v) is 2.26. The molecule has 0 bridgehead atoms. The molecule has 0 aliphatic heterocycles. The Bertz CT molecular complexity index is 730. The smallest absolute Gasteiger partial charge is 0.142 e. The van der Waals surface area contributed by atoms with Gasteiger partial charge >= 0.3 is 0 Å². The summed E-state index contributed by atoms with van der Waals surface area (Å²) in [6.07, 6.45) is 6.93. The zero-order valence-electron chi connectivity index (χ0n) is 13.0. The van der Waals surface area contributed by atoms with Gasteiger partial charge in [-0.2, -0.15) is 0 Å². The van der Waals surface area contributed by atoms with Crippen molar-refractivity contribution < 1.29 is 10.2 Å². The fraction of sp³-hybridized carbons (Fsp3) is 0.111. The number of aromatic hydroxyl groups is 2. The van der Waals surface area contributed by atoms with Gasteiger partial charge in [-0.15, -0.1) is 0 Å². The molecule has 6 nitrogen and oxygen atoms in total. The van der Waals surface area contributed by atoms with Gasteiger partial charge in [0.2, 0.25) is 0 Å². The summed E-state index contributed by atoms with van der Waals surface area (Å²) in [5.74, 6) is -0.0216. The van der Waals surface area contributed by atoms with Gasteiger partial charge in [-0.05, 0) is 29.3 Å². The van der Waals surface area contributed by atoms with Crippen molar-refractivity contribution in [1.29, 1.82) is 0 Å². The van der Waals surface area contributed by atoms with E-state index in [0.717, 1.165) is 11.1 Å². The minimum atomic E-state index is -0.0108. The van der Waals surface area contributed by atoms with Gasteiger partial charge in [0.1, 0.15) is 11.5 Å². The molecule has 4 N–H and O–H groups in total. The number of pyridine rings is 2. The van der Waals surface area contributed by atoms with Crippen molar-refractivity contribution in [3.63, 3.8) is 0 Å². The van der Waals surface area contributed by atoms with Crippen molar-refractivity contribution in [2.24, 2.45) is 0 Å². The lowest BCUT2D eigenvalue weighted by atomic mass is 10.2. The summed E-state index contributed by atoms with van der Waals surface area (Å²) in [5, 5.41) is 26.3. The first-order valence-corrected chi connectivity index (χ1v) is 7.54. The SMILES string of the molecule is Oc1cc(O)c(NCc2cccnc2)cc1NCc1cccnc1. The van der Waals surface area contributed by atoms with E-state index < -0.39 is 0 Å². The Kier molecular flexibility index (Phi) is 4.76. The summed E-state index contributed by atoms with van der Waals surface area (Å²) < 4.78 is 0. The van der Waals surface area contributed by atoms with E-state index in [-0.39, 0.29) is 11.5 Å². The van der Waals surface area contributed by atoms with Crippen LogP contribution in [-0.2, 0) is 13.1 Å². The maximum absolute atomic E-state index is 10.0. The topological polar surface area (TPSA) is 90.3 Å². The maximum Gasteiger partial charge on any atom is 0.142 e. The predicted molar refractivity (Wildman–Crippen MR) is 92.9 cm³/mol. The van der Waals surface area contributed by atoms with Crippen molar-refractivity contribution in [3.05, 3.63) is 72.3 Å². The second kappa shape index (κ2) is 7.32. The van der Waals surface area contributed by atoms with Crippen LogP contribution in [0.1, 0.15) is 11.1 Å². The Morgan fingerprint density at radius 3 is 1.67 bits per heavy atom. The van der Waals surface area contributed by atoms with Crippen LogP contribution in [0.4, 0.5) is 11.4 Å². The molecule has 1 aromatic carbocycles. The van der Waals surface area contributed by atoms with E-state index in [1.165, 1.54) is 6.07 Å². The second-order valence-corrected chi connectivity index (χ2v) is 5.32. The minimum Gasteiger partial charge on any atom is -0.506 e. The van der Waals surface area contributed by atoms with Gasteiger partial charge in [-0.1, -0.05) is 12.1 Å². The number of nitrogens with zero attached hydrogens (tertiary/aromatic N) is 2. The van der Waals surface area contributed by atoms with E-state index in [1.54, 1.807) is 30.9 Å². The molecule has 3 aromatic rings. The molecule has 6 heteroatoms. The highest BCUT2D eigenvalue weighted by Gasteiger charge is 2.09. The molecule has 122 valence electrons. The summed E-state index contributed by atoms with van der Waals surface area (Å²) in [5.41, 5.74) is 3.06. The third kappa shape index (κ3) is 3.92. The number of rotatable bonds is 6. The molecule has 2 aromatic heterocycles. The van der Waals surface area contributed by atoms with Crippen LogP contribution < -0.4 is 10.6 Å². The van der Waals surface area contributed by atoms with E-state index in [9.17, 15) is 10.2 Å². The van der Waals surface area contributed by atoms with E-state index in [4.69, 9.17) is 0 Å². The molecule has 0 radical (unpaired) electrons. The Morgan fingerprint density at radius 1 is 0.750 bits per heavy atom. The van der Waals surface area contributed by atoms with Crippen molar-refractivity contribution in [1.82, 2.24) is 9.97 Å². The van der Waals surface area contributed by atoms with Gasteiger partial charge in [0.05, 0.1) is 11.4 Å². The number of phenolic OH excluding ortho intramolecular Hbond substituents is 2. The summed E-state index contributed by atoms with van der Waals surface area (Å²) in [6, 6.07) is 10.6. The molecule has 0 atom stereocenters. The predicted octanol–water partition coefficient (Wildman–Crippen LogP) is 3.11. The molecule has 24 heavy (non-hydrogen) atoms. The van der Waals surface area contributed by atoms with Crippen LogP contribution in [0.5, 0.6) is 11.5 Å². The molecule has 0 amide bonds. The highest BCUT2D eigenvalue weighted by atomic mass is 16.3. The first kappa shape index (κ1) is 15.6. The van der Waals surface area contributed by atoms with E-state index in [0.29, 0.717) is 24.5 Å². The van der Waals surface area contributed by atoms with Gasteiger partial charge in [-0.25, -0.2) is 0 Å².